The van der Waals surface area contributed by atoms with Crippen molar-refractivity contribution in [2.24, 2.45) is 0 Å². The van der Waals surface area contributed by atoms with Gasteiger partial charge in [0, 0.05) is 29.9 Å². The van der Waals surface area contributed by atoms with Gasteiger partial charge in [-0.05, 0) is 19.1 Å². The summed E-state index contributed by atoms with van der Waals surface area (Å²) in [5.41, 5.74) is 0.643. The fourth-order valence-corrected chi connectivity index (χ4v) is 4.50. The Morgan fingerprint density at radius 3 is 2.96 bits per heavy atom. The monoisotopic (exact) mass is 433 g/mol. The van der Waals surface area contributed by atoms with Crippen molar-refractivity contribution in [3.8, 4) is 5.75 Å². The van der Waals surface area contributed by atoms with E-state index < -0.39 is 0 Å². The first-order valence-electron chi connectivity index (χ1n) is 8.53. The predicted octanol–water partition coefficient (Wildman–Crippen LogP) is 3.89. The molecule has 28 heavy (non-hydrogen) atoms. The van der Waals surface area contributed by atoms with Gasteiger partial charge in [0.05, 0.1) is 10.7 Å². The molecule has 0 radical (unpaired) electrons. The molecule has 0 fully saturated rings. The van der Waals surface area contributed by atoms with Crippen molar-refractivity contribution in [3.63, 3.8) is 0 Å². The van der Waals surface area contributed by atoms with Crippen molar-refractivity contribution in [2.75, 3.05) is 0 Å². The van der Waals surface area contributed by atoms with Crippen LogP contribution >= 0.6 is 34.7 Å². The number of thioether (sulfide) groups is 1. The summed E-state index contributed by atoms with van der Waals surface area (Å²) >= 11 is 9.06. The van der Waals surface area contributed by atoms with Crippen LogP contribution in [0.5, 0.6) is 5.75 Å². The van der Waals surface area contributed by atoms with E-state index in [0.29, 0.717) is 33.9 Å². The van der Waals surface area contributed by atoms with Crippen LogP contribution in [0.1, 0.15) is 18.4 Å². The van der Waals surface area contributed by atoms with Crippen LogP contribution < -0.4 is 10.3 Å². The van der Waals surface area contributed by atoms with Crippen LogP contribution in [-0.4, -0.2) is 24.1 Å². The summed E-state index contributed by atoms with van der Waals surface area (Å²) in [6, 6.07) is 8.87. The molecule has 3 aromatic heterocycles. The lowest BCUT2D eigenvalue weighted by molar-refractivity contribution is 0.288. The molecule has 3 heterocycles. The lowest BCUT2D eigenvalue weighted by Gasteiger charge is -2.09. The molecule has 144 valence electrons. The van der Waals surface area contributed by atoms with Crippen LogP contribution in [0.15, 0.2) is 51.9 Å². The number of para-hydroxylation sites is 1. The van der Waals surface area contributed by atoms with Crippen LogP contribution in [0.4, 0.5) is 0 Å². The summed E-state index contributed by atoms with van der Waals surface area (Å²) in [5, 5.41) is 11.7. The predicted molar refractivity (Wildman–Crippen MR) is 110 cm³/mol. The first-order valence-corrected chi connectivity index (χ1v) is 10.8. The molecule has 0 aliphatic rings. The van der Waals surface area contributed by atoms with Gasteiger partial charge in [0.25, 0.3) is 5.56 Å². The highest BCUT2D eigenvalue weighted by Gasteiger charge is 2.14. The van der Waals surface area contributed by atoms with Crippen molar-refractivity contribution < 1.29 is 4.74 Å². The van der Waals surface area contributed by atoms with Crippen LogP contribution in [0.3, 0.4) is 0 Å². The fraction of sp³-hybridized carbons (Fsp3) is 0.222. The van der Waals surface area contributed by atoms with Crippen molar-refractivity contribution in [1.29, 1.82) is 0 Å². The molecule has 7 nitrogen and oxygen atoms in total. The number of nitrogens with zero attached hydrogens (tertiary/aromatic N) is 5. The largest absolute Gasteiger partial charge is 0.484 e. The van der Waals surface area contributed by atoms with Gasteiger partial charge in [-0.25, -0.2) is 4.98 Å². The molecule has 0 saturated carbocycles. The molecule has 4 aromatic rings. The fourth-order valence-electron chi connectivity index (χ4n) is 2.65. The Kier molecular flexibility index (Phi) is 5.65. The Bertz CT molecular complexity index is 1170. The summed E-state index contributed by atoms with van der Waals surface area (Å²) in [7, 11) is 0. The lowest BCUT2D eigenvalue weighted by Crippen LogP contribution is -2.12. The summed E-state index contributed by atoms with van der Waals surface area (Å²) in [6.45, 7) is 3.00. The number of fused-ring (bicyclic) bond motifs is 1. The van der Waals surface area contributed by atoms with Crippen molar-refractivity contribution in [1.82, 2.24) is 24.1 Å². The highest BCUT2D eigenvalue weighted by molar-refractivity contribution is 7.98. The smallest absolute Gasteiger partial charge is 0.258 e. The standard InChI is InChI=1S/C18H16ClN5O2S2/c1-2-23-15(10-26-14-6-4-3-5-13(14)19)21-22-18(23)28-11-12-9-16(25)24-7-8-27-17(24)20-12/h3-9H,2,10-11H2,1H3. The van der Waals surface area contributed by atoms with Gasteiger partial charge in [0.15, 0.2) is 15.9 Å². The van der Waals surface area contributed by atoms with Gasteiger partial charge < -0.3 is 9.30 Å². The molecule has 0 atom stereocenters. The molecule has 0 saturated heterocycles. The molecular weight excluding hydrogens is 418 g/mol. The third-order valence-electron chi connectivity index (χ3n) is 4.01. The number of halogens is 1. The molecule has 4 rings (SSSR count). The summed E-state index contributed by atoms with van der Waals surface area (Å²) in [4.78, 5) is 17.3. The third kappa shape index (κ3) is 3.91. The summed E-state index contributed by atoms with van der Waals surface area (Å²) < 4.78 is 9.30. The minimum Gasteiger partial charge on any atom is -0.484 e. The number of aromatic nitrogens is 5. The number of thiazole rings is 1. The Balaban J connectivity index is 1.47. The van der Waals surface area contributed by atoms with E-state index in [9.17, 15) is 4.79 Å². The van der Waals surface area contributed by atoms with Gasteiger partial charge in [-0.2, -0.15) is 0 Å². The minimum atomic E-state index is -0.0763. The van der Waals surface area contributed by atoms with Gasteiger partial charge in [0.1, 0.15) is 12.4 Å². The van der Waals surface area contributed by atoms with Crippen LogP contribution in [0.25, 0.3) is 4.96 Å². The maximum absolute atomic E-state index is 12.1. The van der Waals surface area contributed by atoms with E-state index in [1.807, 2.05) is 35.1 Å². The Morgan fingerprint density at radius 1 is 1.29 bits per heavy atom. The highest BCUT2D eigenvalue weighted by atomic mass is 35.5. The summed E-state index contributed by atoms with van der Waals surface area (Å²) in [6.07, 6.45) is 1.73. The van der Waals surface area contributed by atoms with Crippen molar-refractivity contribution >= 4 is 39.7 Å². The SMILES string of the molecule is CCn1c(COc2ccccc2Cl)nnc1SCc1cc(=O)n2ccsc2n1. The first-order chi connectivity index (χ1) is 13.7. The number of hydrogen-bond acceptors (Lipinski definition) is 7. The maximum atomic E-state index is 12.1. The van der Waals surface area contributed by atoms with Crippen LogP contribution in [0, 0.1) is 0 Å². The molecular formula is C18H16ClN5O2S2. The maximum Gasteiger partial charge on any atom is 0.258 e. The topological polar surface area (TPSA) is 74.3 Å². The summed E-state index contributed by atoms with van der Waals surface area (Å²) in [5.74, 6) is 1.86. The van der Waals surface area contributed by atoms with E-state index in [-0.39, 0.29) is 12.2 Å². The average molecular weight is 434 g/mol. The average Bonchev–Trinajstić information content (AvgIpc) is 3.32. The zero-order valence-electron chi connectivity index (χ0n) is 14.9. The molecule has 10 heteroatoms. The molecule has 0 spiro atoms. The van der Waals surface area contributed by atoms with E-state index in [0.717, 1.165) is 10.9 Å². The van der Waals surface area contributed by atoms with E-state index in [1.165, 1.54) is 27.5 Å². The second-order valence-corrected chi connectivity index (χ2v) is 8.01. The Morgan fingerprint density at radius 2 is 2.14 bits per heavy atom. The quantitative estimate of drug-likeness (QED) is 0.411. The number of hydrogen-bond donors (Lipinski definition) is 0. The molecule has 0 unspecified atom stereocenters. The second kappa shape index (κ2) is 8.34. The molecule has 0 amide bonds. The van der Waals surface area contributed by atoms with Gasteiger partial charge in [-0.1, -0.05) is 35.5 Å². The van der Waals surface area contributed by atoms with Crippen molar-refractivity contribution in [2.45, 2.75) is 31.0 Å². The van der Waals surface area contributed by atoms with E-state index in [1.54, 1.807) is 18.3 Å². The highest BCUT2D eigenvalue weighted by Crippen LogP contribution is 2.25. The van der Waals surface area contributed by atoms with Gasteiger partial charge in [-0.3, -0.25) is 9.20 Å². The van der Waals surface area contributed by atoms with Crippen LogP contribution in [0.2, 0.25) is 5.02 Å². The molecule has 0 aliphatic heterocycles. The Hall–Kier alpha value is -2.36. The lowest BCUT2D eigenvalue weighted by atomic mass is 10.3. The third-order valence-corrected chi connectivity index (χ3v) is 6.08. The van der Waals surface area contributed by atoms with Gasteiger partial charge in [0.2, 0.25) is 0 Å². The second-order valence-electron chi connectivity index (χ2n) is 5.79. The van der Waals surface area contributed by atoms with Crippen molar-refractivity contribution in [3.05, 3.63) is 68.8 Å². The first kappa shape index (κ1) is 19.0. The zero-order chi connectivity index (χ0) is 19.5. The van der Waals surface area contributed by atoms with E-state index in [4.69, 9.17) is 16.3 Å². The minimum absolute atomic E-state index is 0.0763. The Labute approximate surface area is 174 Å². The normalized spacial score (nSPS) is 11.2. The van der Waals surface area contributed by atoms with E-state index >= 15 is 0 Å². The molecule has 1 aromatic carbocycles. The zero-order valence-corrected chi connectivity index (χ0v) is 17.3. The number of benzene rings is 1. The van der Waals surface area contributed by atoms with Crippen LogP contribution in [-0.2, 0) is 18.9 Å². The van der Waals surface area contributed by atoms with E-state index in [2.05, 4.69) is 15.2 Å². The van der Waals surface area contributed by atoms with Gasteiger partial charge >= 0.3 is 0 Å². The number of rotatable bonds is 7. The molecule has 0 bridgehead atoms. The molecule has 0 N–H and O–H groups in total. The molecule has 0 aliphatic carbocycles. The van der Waals surface area contributed by atoms with Gasteiger partial charge in [-0.15, -0.1) is 21.5 Å². The number of ether oxygens (including phenoxy) is 1.